The lowest BCUT2D eigenvalue weighted by Crippen LogP contribution is -1.98. The minimum absolute atomic E-state index is 0.788. The molecule has 0 bridgehead atoms. The molecule has 0 aromatic heterocycles. The van der Waals surface area contributed by atoms with Crippen LogP contribution in [0.1, 0.15) is 33.6 Å². The molecule has 2 N–H and O–H groups in total. The molecule has 0 radical (unpaired) electrons. The molecular weight excluding hydrogens is 170 g/mol. The van der Waals surface area contributed by atoms with Crippen molar-refractivity contribution < 1.29 is 0 Å². The van der Waals surface area contributed by atoms with E-state index in [0.29, 0.717) is 0 Å². The number of hydrogen-bond acceptors (Lipinski definition) is 1. The molecule has 0 fully saturated rings. The second kappa shape index (κ2) is 7.19. The summed E-state index contributed by atoms with van der Waals surface area (Å²) < 4.78 is 0. The molecule has 0 unspecified atom stereocenters. The van der Waals surface area contributed by atoms with E-state index in [1.807, 2.05) is 38.2 Å². The largest absolute Gasteiger partial charge is 0.399 e. The summed E-state index contributed by atoms with van der Waals surface area (Å²) in [6.45, 7) is 10.1. The van der Waals surface area contributed by atoms with Crippen molar-refractivity contribution in [2.24, 2.45) is 5.73 Å². The lowest BCUT2D eigenvalue weighted by molar-refractivity contribution is 0.948. The summed E-state index contributed by atoms with van der Waals surface area (Å²) in [6.07, 6.45) is 10.2. The molecule has 1 heteroatoms. The van der Waals surface area contributed by atoms with Crippen LogP contribution in [0.4, 0.5) is 0 Å². The monoisotopic (exact) mass is 191 g/mol. The molecule has 0 aliphatic rings. The van der Waals surface area contributed by atoms with E-state index in [0.717, 1.165) is 24.1 Å². The van der Waals surface area contributed by atoms with Crippen LogP contribution in [0, 0.1) is 0 Å². The number of hydrogen-bond donors (Lipinski definition) is 1. The first kappa shape index (κ1) is 12.8. The first-order valence-electron chi connectivity index (χ1n) is 5.07. The Labute approximate surface area is 87.7 Å². The quantitative estimate of drug-likeness (QED) is 0.659. The van der Waals surface area contributed by atoms with Crippen LogP contribution in [0.2, 0.25) is 0 Å². The maximum absolute atomic E-state index is 5.84. The number of unbranched alkanes of at least 4 members (excludes halogenated alkanes) is 1. The van der Waals surface area contributed by atoms with Gasteiger partial charge in [-0.15, -0.1) is 0 Å². The van der Waals surface area contributed by atoms with Crippen LogP contribution in [0.25, 0.3) is 0 Å². The van der Waals surface area contributed by atoms with Crippen LogP contribution in [-0.4, -0.2) is 0 Å². The van der Waals surface area contributed by atoms with Crippen LogP contribution in [0.3, 0.4) is 0 Å². The summed E-state index contributed by atoms with van der Waals surface area (Å²) in [6, 6.07) is 0. The van der Waals surface area contributed by atoms with Gasteiger partial charge < -0.3 is 5.73 Å². The van der Waals surface area contributed by atoms with Gasteiger partial charge in [-0.25, -0.2) is 0 Å². The van der Waals surface area contributed by atoms with Crippen molar-refractivity contribution in [3.63, 3.8) is 0 Å². The highest BCUT2D eigenvalue weighted by atomic mass is 14.6. The standard InChI is InChI=1S/C13H21N/c1-5-7-9-13(14)12(4)10-11(3)8-6-2/h6,8-10H,4-5,7,14H2,1-3H3/b8-6-,11-10-,13-9-. The molecule has 0 saturated heterocycles. The third-order valence-electron chi connectivity index (χ3n) is 1.86. The van der Waals surface area contributed by atoms with Gasteiger partial charge in [0.2, 0.25) is 0 Å². The third-order valence-corrected chi connectivity index (χ3v) is 1.86. The summed E-state index contributed by atoms with van der Waals surface area (Å²) in [5.41, 5.74) is 8.70. The Bertz CT molecular complexity index is 267. The second-order valence-electron chi connectivity index (χ2n) is 3.36. The van der Waals surface area contributed by atoms with E-state index in [4.69, 9.17) is 5.73 Å². The summed E-state index contributed by atoms with van der Waals surface area (Å²) in [5.74, 6) is 0. The van der Waals surface area contributed by atoms with Gasteiger partial charge in [-0.2, -0.15) is 0 Å². The van der Waals surface area contributed by atoms with Crippen LogP contribution in [0.5, 0.6) is 0 Å². The van der Waals surface area contributed by atoms with Crippen LogP contribution in [-0.2, 0) is 0 Å². The van der Waals surface area contributed by atoms with Gasteiger partial charge in [0, 0.05) is 5.70 Å². The van der Waals surface area contributed by atoms with Gasteiger partial charge in [0.15, 0.2) is 0 Å². The van der Waals surface area contributed by atoms with Crippen molar-refractivity contribution in [2.75, 3.05) is 0 Å². The highest BCUT2D eigenvalue weighted by Crippen LogP contribution is 2.08. The zero-order valence-corrected chi connectivity index (χ0v) is 9.51. The van der Waals surface area contributed by atoms with E-state index < -0.39 is 0 Å². The van der Waals surface area contributed by atoms with Crippen LogP contribution in [0.15, 0.2) is 47.7 Å². The van der Waals surface area contributed by atoms with Crippen LogP contribution < -0.4 is 5.73 Å². The third kappa shape index (κ3) is 5.41. The molecule has 0 saturated carbocycles. The molecular formula is C13H21N. The average Bonchev–Trinajstić information content (AvgIpc) is 2.14. The topological polar surface area (TPSA) is 26.0 Å². The van der Waals surface area contributed by atoms with Gasteiger partial charge in [-0.1, -0.05) is 49.8 Å². The number of rotatable bonds is 5. The maximum Gasteiger partial charge on any atom is 0.0341 e. The van der Waals surface area contributed by atoms with Crippen molar-refractivity contribution in [3.8, 4) is 0 Å². The van der Waals surface area contributed by atoms with Gasteiger partial charge in [-0.3, -0.25) is 0 Å². The Kier molecular flexibility index (Phi) is 6.55. The van der Waals surface area contributed by atoms with E-state index in [2.05, 4.69) is 13.5 Å². The van der Waals surface area contributed by atoms with Gasteiger partial charge in [0.25, 0.3) is 0 Å². The molecule has 1 nitrogen and oxygen atoms in total. The molecule has 0 aliphatic carbocycles. The lowest BCUT2D eigenvalue weighted by atomic mass is 10.1. The number of allylic oxidation sites excluding steroid dienone is 5. The molecule has 0 aromatic rings. The Hall–Kier alpha value is -1.24. The van der Waals surface area contributed by atoms with Crippen molar-refractivity contribution in [2.45, 2.75) is 33.6 Å². The first-order valence-corrected chi connectivity index (χ1v) is 5.07. The summed E-state index contributed by atoms with van der Waals surface area (Å²) in [7, 11) is 0. The highest BCUT2D eigenvalue weighted by molar-refractivity contribution is 5.39. The molecule has 0 aliphatic heterocycles. The highest BCUT2D eigenvalue weighted by Gasteiger charge is 1.93. The Morgan fingerprint density at radius 1 is 1.43 bits per heavy atom. The maximum atomic E-state index is 5.84. The zero-order valence-electron chi connectivity index (χ0n) is 9.51. The summed E-state index contributed by atoms with van der Waals surface area (Å²) >= 11 is 0. The number of nitrogens with two attached hydrogens (primary N) is 1. The Morgan fingerprint density at radius 3 is 2.57 bits per heavy atom. The molecule has 0 rings (SSSR count). The van der Waals surface area contributed by atoms with Crippen molar-refractivity contribution >= 4 is 0 Å². The summed E-state index contributed by atoms with van der Waals surface area (Å²) in [4.78, 5) is 0. The second-order valence-corrected chi connectivity index (χ2v) is 3.36. The fraction of sp³-hybridized carbons (Fsp3) is 0.385. The first-order chi connectivity index (χ1) is 6.61. The summed E-state index contributed by atoms with van der Waals surface area (Å²) in [5, 5.41) is 0. The van der Waals surface area contributed by atoms with Crippen LogP contribution >= 0.6 is 0 Å². The Balaban J connectivity index is 4.40. The van der Waals surface area contributed by atoms with E-state index in [-0.39, 0.29) is 0 Å². The van der Waals surface area contributed by atoms with Crippen molar-refractivity contribution in [3.05, 3.63) is 47.7 Å². The molecule has 0 atom stereocenters. The van der Waals surface area contributed by atoms with E-state index in [9.17, 15) is 0 Å². The molecule has 78 valence electrons. The minimum atomic E-state index is 0.788. The minimum Gasteiger partial charge on any atom is -0.399 e. The van der Waals surface area contributed by atoms with Gasteiger partial charge >= 0.3 is 0 Å². The molecule has 0 aromatic carbocycles. The lowest BCUT2D eigenvalue weighted by Gasteiger charge is -2.01. The zero-order chi connectivity index (χ0) is 11.0. The van der Waals surface area contributed by atoms with Crippen molar-refractivity contribution in [1.29, 1.82) is 0 Å². The fourth-order valence-corrected chi connectivity index (χ4v) is 1.10. The molecule has 0 spiro atoms. The Morgan fingerprint density at radius 2 is 2.07 bits per heavy atom. The predicted molar refractivity (Wildman–Crippen MR) is 64.9 cm³/mol. The molecule has 14 heavy (non-hydrogen) atoms. The molecule has 0 amide bonds. The van der Waals surface area contributed by atoms with Crippen molar-refractivity contribution in [1.82, 2.24) is 0 Å². The normalized spacial score (nSPS) is 13.6. The average molecular weight is 191 g/mol. The van der Waals surface area contributed by atoms with Gasteiger partial charge in [0.05, 0.1) is 0 Å². The van der Waals surface area contributed by atoms with E-state index in [1.54, 1.807) is 0 Å². The molecule has 0 heterocycles. The van der Waals surface area contributed by atoms with Gasteiger partial charge in [0.1, 0.15) is 0 Å². The fourth-order valence-electron chi connectivity index (χ4n) is 1.10. The van der Waals surface area contributed by atoms with E-state index >= 15 is 0 Å². The van der Waals surface area contributed by atoms with Gasteiger partial charge in [-0.05, 0) is 25.8 Å². The van der Waals surface area contributed by atoms with E-state index in [1.165, 1.54) is 5.57 Å². The predicted octanol–water partition coefficient (Wildman–Crippen LogP) is 3.71. The smallest absolute Gasteiger partial charge is 0.0341 e. The SMILES string of the molecule is C=C(/C=C(C)\C=C/C)/C(N)=C/CCC.